The summed E-state index contributed by atoms with van der Waals surface area (Å²) in [4.78, 5) is 9.11. The number of aliphatic imine (C=N–C) groups is 1. The molecule has 0 aliphatic carbocycles. The highest BCUT2D eigenvalue weighted by Crippen LogP contribution is 2.54. The van der Waals surface area contributed by atoms with E-state index in [0.717, 1.165) is 16.7 Å². The van der Waals surface area contributed by atoms with E-state index in [-0.39, 0.29) is 18.0 Å². The predicted molar refractivity (Wildman–Crippen MR) is 142 cm³/mol. The molecule has 1 aromatic heterocycles. The fourth-order valence-electron chi connectivity index (χ4n) is 4.91. The third kappa shape index (κ3) is 4.24. The van der Waals surface area contributed by atoms with Crippen LogP contribution in [0.1, 0.15) is 37.5 Å². The van der Waals surface area contributed by atoms with Gasteiger partial charge in [-0.15, -0.1) is 0 Å². The first-order chi connectivity index (χ1) is 18.2. The summed E-state index contributed by atoms with van der Waals surface area (Å²) in [7, 11) is 0. The molecule has 4 heterocycles. The van der Waals surface area contributed by atoms with Crippen molar-refractivity contribution < 1.29 is 24.1 Å². The Hall–Kier alpha value is -4.06. The lowest BCUT2D eigenvalue weighted by Gasteiger charge is -2.38. The highest BCUT2D eigenvalue weighted by molar-refractivity contribution is 5.79. The smallest absolute Gasteiger partial charge is 0.283 e. The molecule has 6 rings (SSSR count). The average molecular weight is 512 g/mol. The summed E-state index contributed by atoms with van der Waals surface area (Å²) < 4.78 is 23.9. The molecule has 1 unspecified atom stereocenters. The van der Waals surface area contributed by atoms with Gasteiger partial charge in [-0.3, -0.25) is 4.98 Å². The van der Waals surface area contributed by atoms with E-state index >= 15 is 0 Å². The Morgan fingerprint density at radius 2 is 1.92 bits per heavy atom. The molecule has 3 aliphatic rings. The largest absolute Gasteiger partial charge is 0.492 e. The minimum absolute atomic E-state index is 0.0741. The minimum Gasteiger partial charge on any atom is -0.492 e. The molecule has 0 saturated carbocycles. The van der Waals surface area contributed by atoms with Gasteiger partial charge in [-0.2, -0.15) is 0 Å². The Bertz CT molecular complexity index is 1500. The van der Waals surface area contributed by atoms with Crippen molar-refractivity contribution in [3.8, 4) is 40.2 Å². The van der Waals surface area contributed by atoms with Crippen LogP contribution < -0.4 is 15.2 Å². The number of ether oxygens (including phenoxy) is 4. The van der Waals surface area contributed by atoms with Crippen LogP contribution in [0.4, 0.5) is 0 Å². The van der Waals surface area contributed by atoms with Crippen molar-refractivity contribution in [2.24, 2.45) is 16.1 Å². The molecule has 194 valence electrons. The second-order valence-corrected chi connectivity index (χ2v) is 10.9. The quantitative estimate of drug-likeness (QED) is 0.510. The zero-order chi connectivity index (χ0) is 26.5. The Kier molecular flexibility index (Phi) is 5.60. The van der Waals surface area contributed by atoms with Gasteiger partial charge in [0.05, 0.1) is 25.4 Å². The molecular formula is C30H29N3O5. The van der Waals surface area contributed by atoms with E-state index in [0.29, 0.717) is 48.2 Å². The number of hydrogen-bond donors (Lipinski definition) is 2. The number of amidine groups is 1. The third-order valence-electron chi connectivity index (χ3n) is 6.88. The number of benzene rings is 2. The summed E-state index contributed by atoms with van der Waals surface area (Å²) in [5.74, 6) is 7.94. The van der Waals surface area contributed by atoms with E-state index in [4.69, 9.17) is 29.7 Å². The van der Waals surface area contributed by atoms with Crippen LogP contribution in [0.5, 0.6) is 17.2 Å². The van der Waals surface area contributed by atoms with Crippen LogP contribution in [0.25, 0.3) is 11.1 Å². The molecule has 0 bridgehead atoms. The number of aliphatic hydroxyl groups is 1. The van der Waals surface area contributed by atoms with Crippen LogP contribution in [0.3, 0.4) is 0 Å². The number of nitrogens with two attached hydrogens (primary N) is 1. The zero-order valence-electron chi connectivity index (χ0n) is 21.6. The SMILES string of the molecule is CC(C)(O)C#Cc1c(OCC2(C)COC2)ccc2c1C1(COC(N)=N1)c1cc(-c3cccnc3)ccc1O2. The summed E-state index contributed by atoms with van der Waals surface area (Å²) in [6.07, 6.45) is 3.55. The first-order valence-electron chi connectivity index (χ1n) is 12.5. The summed E-state index contributed by atoms with van der Waals surface area (Å²) in [5.41, 5.74) is 7.80. The summed E-state index contributed by atoms with van der Waals surface area (Å²) >= 11 is 0. The van der Waals surface area contributed by atoms with Gasteiger partial charge in [-0.1, -0.05) is 30.9 Å². The van der Waals surface area contributed by atoms with Crippen molar-refractivity contribution in [2.45, 2.75) is 31.9 Å². The number of hydrogen-bond acceptors (Lipinski definition) is 8. The lowest BCUT2D eigenvalue weighted by atomic mass is 9.78. The summed E-state index contributed by atoms with van der Waals surface area (Å²) in [6, 6.07) is 13.6. The molecule has 38 heavy (non-hydrogen) atoms. The van der Waals surface area contributed by atoms with E-state index in [1.54, 1.807) is 20.0 Å². The van der Waals surface area contributed by atoms with Gasteiger partial charge >= 0.3 is 0 Å². The number of rotatable bonds is 4. The second kappa shape index (κ2) is 8.76. The molecule has 3 aromatic rings. The van der Waals surface area contributed by atoms with Crippen LogP contribution in [-0.4, -0.2) is 48.1 Å². The maximum Gasteiger partial charge on any atom is 0.283 e. The van der Waals surface area contributed by atoms with Crippen molar-refractivity contribution >= 4 is 6.02 Å². The number of fused-ring (bicyclic) bond motifs is 4. The van der Waals surface area contributed by atoms with Crippen LogP contribution in [0.15, 0.2) is 59.9 Å². The molecule has 1 fully saturated rings. The van der Waals surface area contributed by atoms with Gasteiger partial charge in [-0.05, 0) is 49.7 Å². The van der Waals surface area contributed by atoms with Crippen molar-refractivity contribution in [1.82, 2.24) is 4.98 Å². The normalized spacial score (nSPS) is 20.6. The molecule has 0 amide bonds. The number of nitrogens with zero attached hydrogens (tertiary/aromatic N) is 2. The van der Waals surface area contributed by atoms with Crippen LogP contribution in [-0.2, 0) is 15.0 Å². The Balaban J connectivity index is 1.55. The molecule has 0 radical (unpaired) electrons. The predicted octanol–water partition coefficient (Wildman–Crippen LogP) is 3.98. The van der Waals surface area contributed by atoms with Gasteiger partial charge in [-0.25, -0.2) is 4.99 Å². The van der Waals surface area contributed by atoms with E-state index in [9.17, 15) is 5.11 Å². The van der Waals surface area contributed by atoms with Gasteiger partial charge in [0.1, 0.15) is 29.5 Å². The van der Waals surface area contributed by atoms with Gasteiger partial charge in [0.25, 0.3) is 6.02 Å². The van der Waals surface area contributed by atoms with E-state index < -0.39 is 11.1 Å². The Morgan fingerprint density at radius 1 is 1.11 bits per heavy atom. The summed E-state index contributed by atoms with van der Waals surface area (Å²) in [5, 5.41) is 10.5. The number of pyridine rings is 1. The van der Waals surface area contributed by atoms with Crippen molar-refractivity contribution in [3.05, 3.63) is 71.5 Å². The Morgan fingerprint density at radius 3 is 2.58 bits per heavy atom. The van der Waals surface area contributed by atoms with Crippen molar-refractivity contribution in [3.63, 3.8) is 0 Å². The van der Waals surface area contributed by atoms with E-state index in [1.807, 2.05) is 48.7 Å². The topological polar surface area (TPSA) is 108 Å². The molecule has 2 aromatic carbocycles. The first-order valence-corrected chi connectivity index (χ1v) is 12.5. The minimum atomic E-state index is -1.23. The van der Waals surface area contributed by atoms with Crippen molar-refractivity contribution in [1.29, 1.82) is 0 Å². The molecule has 8 nitrogen and oxygen atoms in total. The lowest BCUT2D eigenvalue weighted by molar-refractivity contribution is -0.120. The molecule has 3 N–H and O–H groups in total. The first kappa shape index (κ1) is 24.3. The maximum atomic E-state index is 10.5. The standard InChI is InChI=1S/C30H29N3O5/c1-28(2,34)11-10-21-23(36-17-29(3)15-35-16-29)8-9-25-26(21)30(18-37-27(31)33-30)22-13-19(6-7-24(22)38-25)20-5-4-12-32-14-20/h4-9,12-14,34H,15-18H2,1-3H3,(H2,31,33). The monoisotopic (exact) mass is 511 g/mol. The molecule has 3 aliphatic heterocycles. The van der Waals surface area contributed by atoms with E-state index in [2.05, 4.69) is 23.7 Å². The Labute approximate surface area is 221 Å². The molecule has 1 saturated heterocycles. The zero-order valence-corrected chi connectivity index (χ0v) is 21.6. The average Bonchev–Trinajstić information content (AvgIpc) is 3.27. The van der Waals surface area contributed by atoms with Crippen LogP contribution >= 0.6 is 0 Å². The van der Waals surface area contributed by atoms with Crippen LogP contribution in [0, 0.1) is 17.3 Å². The summed E-state index contributed by atoms with van der Waals surface area (Å²) in [6.45, 7) is 7.29. The van der Waals surface area contributed by atoms with E-state index in [1.165, 1.54) is 0 Å². The molecule has 1 atom stereocenters. The lowest BCUT2D eigenvalue weighted by Crippen LogP contribution is -2.44. The third-order valence-corrected chi connectivity index (χ3v) is 6.88. The molecule has 8 heteroatoms. The highest BCUT2D eigenvalue weighted by atomic mass is 16.5. The fraction of sp³-hybridized carbons (Fsp3) is 0.333. The second-order valence-electron chi connectivity index (χ2n) is 10.9. The molecular weight excluding hydrogens is 482 g/mol. The van der Waals surface area contributed by atoms with Gasteiger partial charge < -0.3 is 29.8 Å². The maximum absolute atomic E-state index is 10.5. The van der Waals surface area contributed by atoms with Gasteiger partial charge in [0.15, 0.2) is 5.54 Å². The van der Waals surface area contributed by atoms with Gasteiger partial charge in [0, 0.05) is 34.5 Å². The fourth-order valence-corrected chi connectivity index (χ4v) is 4.91. The van der Waals surface area contributed by atoms with Crippen LogP contribution in [0.2, 0.25) is 0 Å². The number of aromatic nitrogens is 1. The van der Waals surface area contributed by atoms with Crippen molar-refractivity contribution in [2.75, 3.05) is 26.4 Å². The van der Waals surface area contributed by atoms with Gasteiger partial charge in [0.2, 0.25) is 0 Å². The molecule has 1 spiro atoms. The highest BCUT2D eigenvalue weighted by Gasteiger charge is 2.49.